The Bertz CT molecular complexity index is 2690. The Labute approximate surface area is 405 Å². The van der Waals surface area contributed by atoms with Crippen molar-refractivity contribution in [1.29, 1.82) is 0 Å². The molecule has 4 N–H and O–H groups in total. The van der Waals surface area contributed by atoms with E-state index in [0.717, 1.165) is 39.2 Å². The molecule has 4 aromatic carbocycles. The van der Waals surface area contributed by atoms with E-state index in [-0.39, 0.29) is 43.3 Å². The van der Waals surface area contributed by atoms with Gasteiger partial charge < -0.3 is 29.3 Å². The lowest BCUT2D eigenvalue weighted by atomic mass is 10.0. The van der Waals surface area contributed by atoms with Crippen molar-refractivity contribution in [2.75, 3.05) is 25.0 Å². The molecule has 4 aliphatic rings. The summed E-state index contributed by atoms with van der Waals surface area (Å²) >= 11 is 1.96. The number of hydrazine groups is 1. The number of thiazole rings is 1. The van der Waals surface area contributed by atoms with E-state index in [4.69, 9.17) is 24.9 Å². The van der Waals surface area contributed by atoms with Crippen molar-refractivity contribution in [3.05, 3.63) is 155 Å². The maximum absolute atomic E-state index is 14.8. The molecule has 3 atom stereocenters. The van der Waals surface area contributed by atoms with Crippen molar-refractivity contribution in [2.45, 2.75) is 73.3 Å². The molecule has 1 saturated carbocycles. The second-order valence-electron chi connectivity index (χ2n) is 17.7. The average Bonchev–Trinajstić information content (AvgIpc) is 3.67. The maximum Gasteiger partial charge on any atom is 0.413 e. The molecule has 1 aromatic heterocycles. The highest BCUT2D eigenvalue weighted by atomic mass is 32.2. The van der Waals surface area contributed by atoms with Gasteiger partial charge in [-0.15, -0.1) is 11.3 Å². The van der Waals surface area contributed by atoms with Crippen LogP contribution in [0.25, 0.3) is 0 Å². The Morgan fingerprint density at radius 1 is 0.783 bits per heavy atom. The van der Waals surface area contributed by atoms with Gasteiger partial charge in [-0.3, -0.25) is 24.8 Å². The van der Waals surface area contributed by atoms with Crippen LogP contribution in [0.15, 0.2) is 132 Å². The molecule has 18 nitrogen and oxygen atoms in total. The fourth-order valence-corrected chi connectivity index (χ4v) is 10.5. The third-order valence-corrected chi connectivity index (χ3v) is 14.2. The predicted octanol–water partition coefficient (Wildman–Crippen LogP) is 6.12. The third-order valence-electron chi connectivity index (χ3n) is 11.7. The summed E-state index contributed by atoms with van der Waals surface area (Å²) in [7, 11) is 0. The van der Waals surface area contributed by atoms with Crippen LogP contribution in [0.2, 0.25) is 0 Å². The minimum atomic E-state index is -1.76. The molecule has 69 heavy (non-hydrogen) atoms. The number of aromatic nitrogens is 1. The van der Waals surface area contributed by atoms with Crippen LogP contribution in [0.1, 0.15) is 73.8 Å². The molecule has 3 aliphatic heterocycles. The first-order valence-corrected chi connectivity index (χ1v) is 23.9. The Morgan fingerprint density at radius 2 is 1.30 bits per heavy atom. The van der Waals surface area contributed by atoms with Crippen molar-refractivity contribution in [3.63, 3.8) is 0 Å². The maximum atomic E-state index is 14.8. The lowest BCUT2D eigenvalue weighted by Crippen LogP contribution is -2.68. The fourth-order valence-electron chi connectivity index (χ4n) is 8.09. The predicted molar refractivity (Wildman–Crippen MR) is 254 cm³/mol. The van der Waals surface area contributed by atoms with E-state index < -0.39 is 81.3 Å². The number of benzene rings is 4. The molecule has 4 heterocycles. The summed E-state index contributed by atoms with van der Waals surface area (Å²) in [6.07, 6.45) is -1.99. The highest BCUT2D eigenvalue weighted by molar-refractivity contribution is 8.02. The van der Waals surface area contributed by atoms with Gasteiger partial charge in [0.05, 0.1) is 13.1 Å². The second kappa shape index (κ2) is 19.0. The number of hydrogen-bond donors (Lipinski definition) is 3. The first kappa shape index (κ1) is 46.8. The molecule has 0 unspecified atom stereocenters. The Balaban J connectivity index is 0.984. The number of urea groups is 1. The van der Waals surface area contributed by atoms with Crippen molar-refractivity contribution in [3.8, 4) is 0 Å². The first-order valence-electron chi connectivity index (χ1n) is 22.1. The molecule has 20 heteroatoms. The molecule has 5 aromatic rings. The molecule has 356 valence electrons. The van der Waals surface area contributed by atoms with Gasteiger partial charge in [0.25, 0.3) is 5.91 Å². The molecule has 5 amide bonds. The monoisotopic (exact) mass is 972 g/mol. The van der Waals surface area contributed by atoms with E-state index in [2.05, 4.69) is 20.8 Å². The van der Waals surface area contributed by atoms with Crippen LogP contribution in [-0.4, -0.2) is 109 Å². The minimum Gasteiger partial charge on any atom is -0.450 e. The van der Waals surface area contributed by atoms with Crippen LogP contribution in [0, 0.1) is 0 Å². The zero-order valence-corrected chi connectivity index (χ0v) is 39.3. The number of carbonyl (C=O) groups excluding carboxylic acids is 6. The van der Waals surface area contributed by atoms with Crippen LogP contribution in [-0.2, 0) is 38.2 Å². The number of esters is 2. The van der Waals surface area contributed by atoms with E-state index >= 15 is 0 Å². The summed E-state index contributed by atoms with van der Waals surface area (Å²) < 4.78 is 17.8. The highest BCUT2D eigenvalue weighted by Gasteiger charge is 2.67. The van der Waals surface area contributed by atoms with Crippen LogP contribution >= 0.6 is 23.1 Å². The van der Waals surface area contributed by atoms with Crippen molar-refractivity contribution in [1.82, 2.24) is 25.1 Å². The van der Waals surface area contributed by atoms with E-state index in [1.807, 2.05) is 121 Å². The smallest absolute Gasteiger partial charge is 0.413 e. The van der Waals surface area contributed by atoms with Gasteiger partial charge in [0.15, 0.2) is 23.1 Å². The van der Waals surface area contributed by atoms with Crippen molar-refractivity contribution < 1.29 is 47.8 Å². The van der Waals surface area contributed by atoms with Crippen LogP contribution < -0.4 is 16.5 Å². The van der Waals surface area contributed by atoms with E-state index in [0.29, 0.717) is 11.1 Å². The van der Waals surface area contributed by atoms with Crippen molar-refractivity contribution >= 4 is 69.8 Å². The van der Waals surface area contributed by atoms with Gasteiger partial charge in [-0.1, -0.05) is 138 Å². The summed E-state index contributed by atoms with van der Waals surface area (Å²) in [5, 5.41) is 11.2. The SMILES string of the molecule is CC(C)(C)OC(=O)Nc1nc(/C(=N/OC2(C(=O)OC(c3ccccc3)c3ccccc3)CC2)C(=O)N[C@@H]2C(=O)N3C[C@@](C(=O)OC(c4ccccc4)c4ccccc4)(N4CCN(N)C4=O)S[C@H]23)cs1. The molecule has 0 radical (unpaired) electrons. The Kier molecular flexibility index (Phi) is 12.9. The Morgan fingerprint density at radius 3 is 1.78 bits per heavy atom. The number of amides is 5. The van der Waals surface area contributed by atoms with Gasteiger partial charge in [0.2, 0.25) is 16.4 Å². The largest absolute Gasteiger partial charge is 0.450 e. The number of carbonyl (C=O) groups is 6. The van der Waals surface area contributed by atoms with Gasteiger partial charge in [0, 0.05) is 24.8 Å². The number of anilines is 1. The second-order valence-corrected chi connectivity index (χ2v) is 20.0. The minimum absolute atomic E-state index is 0.0571. The van der Waals surface area contributed by atoms with Gasteiger partial charge in [-0.2, -0.15) is 0 Å². The first-order chi connectivity index (χ1) is 33.1. The van der Waals surface area contributed by atoms with Crippen molar-refractivity contribution in [2.24, 2.45) is 11.0 Å². The van der Waals surface area contributed by atoms with Crippen LogP contribution in [0.5, 0.6) is 0 Å². The number of thioether (sulfide) groups is 1. The summed E-state index contributed by atoms with van der Waals surface area (Å²) in [4.78, 5) is 95.0. The molecule has 4 fully saturated rings. The number of hydrogen-bond acceptors (Lipinski definition) is 15. The molecule has 9 rings (SSSR count). The fraction of sp³-hybridized carbons (Fsp3) is 0.306. The summed E-state index contributed by atoms with van der Waals surface area (Å²) in [6, 6.07) is 34.9. The normalized spacial score (nSPS) is 20.6. The number of nitrogens with one attached hydrogen (secondary N) is 2. The number of fused-ring (bicyclic) bond motifs is 1. The van der Waals surface area contributed by atoms with Crippen LogP contribution in [0.3, 0.4) is 0 Å². The summed E-state index contributed by atoms with van der Waals surface area (Å²) in [5.41, 5.74) is -0.0277. The molecule has 0 spiro atoms. The number of β-lactam (4-membered cyclic amide) rings is 1. The van der Waals surface area contributed by atoms with Gasteiger partial charge in [-0.05, 0) is 43.0 Å². The standard InChI is InChI=1S/C49H48N8O10S2/c1-47(2,3)66-45(62)53-44-51-34(28-68-44)35(54-67-48(24-25-48)42(60)64-37(30-16-8-4-9-17-30)31-18-10-5-11-19-31)39(58)52-36-40(59)55-29-49(69-41(36)55,56-26-27-57(50)46(56)63)43(61)65-38(32-20-12-6-13-21-32)33-22-14-7-15-23-33/h4-23,28,36-38,41H,24-27,29,50H2,1-3H3,(H,52,58)(H,51,53,62)/b54-35-/t36-,41-,49-/m1/s1. The third kappa shape index (κ3) is 9.72. The number of nitrogens with zero attached hydrogens (tertiary/aromatic N) is 5. The number of rotatable bonds is 15. The number of oxime groups is 1. The Hall–Kier alpha value is -7.29. The van der Waals surface area contributed by atoms with Gasteiger partial charge >= 0.3 is 24.1 Å². The molecule has 0 bridgehead atoms. The highest BCUT2D eigenvalue weighted by Crippen LogP contribution is 2.51. The molecule has 1 aliphatic carbocycles. The topological polar surface area (TPSA) is 224 Å². The van der Waals surface area contributed by atoms with Crippen LogP contribution in [0.4, 0.5) is 14.7 Å². The summed E-state index contributed by atoms with van der Waals surface area (Å²) in [6.45, 7) is 5.02. The lowest BCUT2D eigenvalue weighted by Gasteiger charge is -2.41. The van der Waals surface area contributed by atoms with E-state index in [1.54, 1.807) is 20.8 Å². The molecular weight excluding hydrogens is 925 g/mol. The quantitative estimate of drug-likeness (QED) is 0.0205. The van der Waals surface area contributed by atoms with E-state index in [1.165, 1.54) is 15.2 Å². The number of nitrogens with two attached hydrogens (primary N) is 1. The molecule has 3 saturated heterocycles. The van der Waals surface area contributed by atoms with Gasteiger partial charge in [-0.25, -0.2) is 30.0 Å². The average molecular weight is 973 g/mol. The summed E-state index contributed by atoms with van der Waals surface area (Å²) in [5.74, 6) is 3.08. The lowest BCUT2D eigenvalue weighted by molar-refractivity contribution is -0.164. The van der Waals surface area contributed by atoms with Gasteiger partial charge in [0.1, 0.15) is 22.7 Å². The number of ether oxygens (including phenoxy) is 3. The zero-order valence-electron chi connectivity index (χ0n) is 37.7. The molecular formula is C49H48N8O10S2. The van der Waals surface area contributed by atoms with E-state index in [9.17, 15) is 28.8 Å². The zero-order chi connectivity index (χ0) is 48.5.